The van der Waals surface area contributed by atoms with Crippen LogP contribution in [0.25, 0.3) is 6.08 Å². The molecule has 2 aromatic rings. The van der Waals surface area contributed by atoms with Gasteiger partial charge in [0.25, 0.3) is 0 Å². The molecule has 3 rings (SSSR count). The van der Waals surface area contributed by atoms with Crippen LogP contribution >= 0.6 is 0 Å². The highest BCUT2D eigenvalue weighted by Gasteiger charge is 2.18. The first-order valence-electron chi connectivity index (χ1n) is 8.71. The maximum atomic E-state index is 13.4. The standard InChI is InChI=1S/C21H19FO7/c1-25-17-5-4-14(22)11-15(17)16(23)12-29-20(24)6-3-13-9-18(26-2)21-19(10-13)27-7-8-28-21/h3-6,9-11H,7-8,12H2,1-2H3/b6-3+. The zero-order chi connectivity index (χ0) is 20.8. The maximum Gasteiger partial charge on any atom is 0.331 e. The normalized spacial score (nSPS) is 12.5. The molecule has 1 aliphatic heterocycles. The Morgan fingerprint density at radius 3 is 2.59 bits per heavy atom. The van der Waals surface area contributed by atoms with Crippen LogP contribution in [0.3, 0.4) is 0 Å². The van der Waals surface area contributed by atoms with E-state index in [0.717, 1.165) is 6.07 Å². The van der Waals surface area contributed by atoms with Crippen molar-refractivity contribution < 1.29 is 37.7 Å². The summed E-state index contributed by atoms with van der Waals surface area (Å²) >= 11 is 0. The highest BCUT2D eigenvalue weighted by atomic mass is 19.1. The van der Waals surface area contributed by atoms with Gasteiger partial charge in [0, 0.05) is 6.08 Å². The number of benzene rings is 2. The number of ether oxygens (including phenoxy) is 5. The Balaban J connectivity index is 1.65. The van der Waals surface area contributed by atoms with Crippen molar-refractivity contribution >= 4 is 17.8 Å². The first-order valence-corrected chi connectivity index (χ1v) is 8.71. The summed E-state index contributed by atoms with van der Waals surface area (Å²) in [6.45, 7) is 0.291. The molecular formula is C21H19FO7. The number of rotatable bonds is 7. The molecule has 0 saturated carbocycles. The molecule has 152 valence electrons. The lowest BCUT2D eigenvalue weighted by Crippen LogP contribution is -2.16. The number of methoxy groups -OCH3 is 2. The Hall–Kier alpha value is -3.55. The molecule has 0 saturated heterocycles. The van der Waals surface area contributed by atoms with E-state index in [1.165, 1.54) is 38.5 Å². The van der Waals surface area contributed by atoms with E-state index in [0.29, 0.717) is 36.0 Å². The molecule has 0 amide bonds. The number of carbonyl (C=O) groups is 2. The number of ketones is 1. The lowest BCUT2D eigenvalue weighted by Gasteiger charge is -2.20. The Kier molecular flexibility index (Phi) is 6.33. The van der Waals surface area contributed by atoms with Crippen molar-refractivity contribution in [2.45, 2.75) is 0 Å². The van der Waals surface area contributed by atoms with Gasteiger partial charge in [-0.3, -0.25) is 4.79 Å². The number of halogens is 1. The molecule has 1 aliphatic rings. The van der Waals surface area contributed by atoms with Crippen LogP contribution in [0.4, 0.5) is 4.39 Å². The van der Waals surface area contributed by atoms with Crippen molar-refractivity contribution in [3.8, 4) is 23.0 Å². The molecule has 0 aromatic heterocycles. The van der Waals surface area contributed by atoms with Crippen LogP contribution in [0.1, 0.15) is 15.9 Å². The Morgan fingerprint density at radius 1 is 1.07 bits per heavy atom. The van der Waals surface area contributed by atoms with Crippen LogP contribution < -0.4 is 18.9 Å². The smallest absolute Gasteiger partial charge is 0.331 e. The van der Waals surface area contributed by atoms with Crippen molar-refractivity contribution in [2.24, 2.45) is 0 Å². The number of esters is 1. The predicted molar refractivity (Wildman–Crippen MR) is 101 cm³/mol. The summed E-state index contributed by atoms with van der Waals surface area (Å²) in [6.07, 6.45) is 2.66. The fourth-order valence-electron chi connectivity index (χ4n) is 2.71. The second-order valence-electron chi connectivity index (χ2n) is 5.96. The number of Topliss-reactive ketones (excluding diaryl/α,β-unsaturated/α-hetero) is 1. The van der Waals surface area contributed by atoms with Gasteiger partial charge in [-0.1, -0.05) is 0 Å². The second kappa shape index (κ2) is 9.09. The molecule has 0 aliphatic carbocycles. The summed E-state index contributed by atoms with van der Waals surface area (Å²) in [5.41, 5.74) is 0.627. The van der Waals surface area contributed by atoms with E-state index in [1.54, 1.807) is 12.1 Å². The molecule has 0 radical (unpaired) electrons. The number of hydrogen-bond acceptors (Lipinski definition) is 7. The maximum absolute atomic E-state index is 13.4. The van der Waals surface area contributed by atoms with E-state index in [4.69, 9.17) is 23.7 Å². The quantitative estimate of drug-likeness (QED) is 0.400. The van der Waals surface area contributed by atoms with Crippen LogP contribution in [-0.2, 0) is 9.53 Å². The molecular weight excluding hydrogens is 383 g/mol. The van der Waals surface area contributed by atoms with Crippen LogP contribution in [-0.4, -0.2) is 45.8 Å². The van der Waals surface area contributed by atoms with Crippen molar-refractivity contribution in [2.75, 3.05) is 34.0 Å². The minimum Gasteiger partial charge on any atom is -0.496 e. The second-order valence-corrected chi connectivity index (χ2v) is 5.96. The van der Waals surface area contributed by atoms with E-state index in [1.807, 2.05) is 0 Å². The third-order valence-corrected chi connectivity index (χ3v) is 4.07. The van der Waals surface area contributed by atoms with Crippen LogP contribution in [0, 0.1) is 5.82 Å². The average Bonchev–Trinajstić information content (AvgIpc) is 2.75. The van der Waals surface area contributed by atoms with E-state index >= 15 is 0 Å². The van der Waals surface area contributed by atoms with Gasteiger partial charge in [-0.05, 0) is 42.0 Å². The first-order chi connectivity index (χ1) is 14.0. The SMILES string of the molecule is COc1ccc(F)cc1C(=O)COC(=O)/C=C/c1cc(OC)c2c(c1)OCCO2. The average molecular weight is 402 g/mol. The summed E-state index contributed by atoms with van der Waals surface area (Å²) in [6, 6.07) is 6.92. The monoisotopic (exact) mass is 402 g/mol. The van der Waals surface area contributed by atoms with Gasteiger partial charge in [0.1, 0.15) is 24.8 Å². The van der Waals surface area contributed by atoms with Gasteiger partial charge in [-0.25, -0.2) is 9.18 Å². The molecule has 0 atom stereocenters. The third kappa shape index (κ3) is 4.84. The number of fused-ring (bicyclic) bond motifs is 1. The molecule has 0 fully saturated rings. The minimum atomic E-state index is -0.734. The zero-order valence-corrected chi connectivity index (χ0v) is 15.9. The van der Waals surface area contributed by atoms with Gasteiger partial charge >= 0.3 is 5.97 Å². The van der Waals surface area contributed by atoms with Gasteiger partial charge in [0.05, 0.1) is 19.8 Å². The van der Waals surface area contributed by atoms with E-state index < -0.39 is 24.2 Å². The Labute approximate surface area is 166 Å². The van der Waals surface area contributed by atoms with Gasteiger partial charge in [-0.2, -0.15) is 0 Å². The molecule has 0 N–H and O–H groups in total. The highest BCUT2D eigenvalue weighted by molar-refractivity contribution is 6.01. The zero-order valence-electron chi connectivity index (χ0n) is 15.9. The van der Waals surface area contributed by atoms with E-state index in [-0.39, 0.29) is 11.3 Å². The molecule has 29 heavy (non-hydrogen) atoms. The largest absolute Gasteiger partial charge is 0.496 e. The van der Waals surface area contributed by atoms with Gasteiger partial charge in [0.15, 0.2) is 18.1 Å². The van der Waals surface area contributed by atoms with Crippen LogP contribution in [0.15, 0.2) is 36.4 Å². The molecule has 1 heterocycles. The fourth-order valence-corrected chi connectivity index (χ4v) is 2.71. The highest BCUT2D eigenvalue weighted by Crippen LogP contribution is 2.40. The van der Waals surface area contributed by atoms with E-state index in [2.05, 4.69) is 0 Å². The molecule has 7 nitrogen and oxygen atoms in total. The minimum absolute atomic E-state index is 0.000789. The van der Waals surface area contributed by atoms with Crippen molar-refractivity contribution in [3.05, 3.63) is 53.4 Å². The van der Waals surface area contributed by atoms with Crippen molar-refractivity contribution in [1.29, 1.82) is 0 Å². The lowest BCUT2D eigenvalue weighted by atomic mass is 10.1. The van der Waals surface area contributed by atoms with Gasteiger partial charge < -0.3 is 23.7 Å². The summed E-state index contributed by atoms with van der Waals surface area (Å²) in [5.74, 6) is -0.209. The third-order valence-electron chi connectivity index (χ3n) is 4.07. The van der Waals surface area contributed by atoms with Crippen molar-refractivity contribution in [1.82, 2.24) is 0 Å². The molecule has 0 spiro atoms. The molecule has 2 aromatic carbocycles. The van der Waals surface area contributed by atoms with E-state index in [9.17, 15) is 14.0 Å². The lowest BCUT2D eigenvalue weighted by molar-refractivity contribution is -0.136. The van der Waals surface area contributed by atoms with Crippen molar-refractivity contribution in [3.63, 3.8) is 0 Å². The summed E-state index contributed by atoms with van der Waals surface area (Å²) in [4.78, 5) is 24.2. The summed E-state index contributed by atoms with van der Waals surface area (Å²) in [7, 11) is 2.86. The topological polar surface area (TPSA) is 80.3 Å². The van der Waals surface area contributed by atoms with Gasteiger partial charge in [0.2, 0.25) is 11.5 Å². The first kappa shape index (κ1) is 20.2. The number of hydrogen-bond donors (Lipinski definition) is 0. The molecule has 0 unspecified atom stereocenters. The van der Waals surface area contributed by atoms with Gasteiger partial charge in [-0.15, -0.1) is 0 Å². The predicted octanol–water partition coefficient (Wildman–Crippen LogP) is 3.05. The summed E-state index contributed by atoms with van der Waals surface area (Å²) < 4.78 is 39.7. The van der Waals surface area contributed by atoms with Crippen LogP contribution in [0.5, 0.6) is 23.0 Å². The molecule has 0 bridgehead atoms. The Bertz CT molecular complexity index is 935. The molecule has 8 heteroatoms. The summed E-state index contributed by atoms with van der Waals surface area (Å²) in [5, 5.41) is 0. The van der Waals surface area contributed by atoms with Crippen LogP contribution in [0.2, 0.25) is 0 Å². The number of carbonyl (C=O) groups excluding carboxylic acids is 2. The fraction of sp³-hybridized carbons (Fsp3) is 0.238. The Morgan fingerprint density at radius 2 is 1.83 bits per heavy atom.